The number of nitrogens with zero attached hydrogens (tertiary/aromatic N) is 1. The van der Waals surface area contributed by atoms with Crippen molar-refractivity contribution in [1.29, 1.82) is 0 Å². The standard InChI is InChI=1S/C15H15BrN2O/c16-12-3-1-2-8(7-12)13-14(19-18-15(13)17)11-5-9-4-10(9)6-11/h1-3,7,9-11H,4-6H2,(H2,17,18). The van der Waals surface area contributed by atoms with E-state index in [9.17, 15) is 0 Å². The molecule has 0 bridgehead atoms. The van der Waals surface area contributed by atoms with Gasteiger partial charge < -0.3 is 10.3 Å². The van der Waals surface area contributed by atoms with E-state index < -0.39 is 0 Å². The van der Waals surface area contributed by atoms with Gasteiger partial charge in [-0.2, -0.15) is 0 Å². The Morgan fingerprint density at radius 2 is 2.00 bits per heavy atom. The quantitative estimate of drug-likeness (QED) is 0.902. The van der Waals surface area contributed by atoms with Crippen LogP contribution in [-0.4, -0.2) is 5.16 Å². The van der Waals surface area contributed by atoms with Gasteiger partial charge in [-0.25, -0.2) is 0 Å². The van der Waals surface area contributed by atoms with E-state index in [0.29, 0.717) is 11.7 Å². The molecule has 4 rings (SSSR count). The molecule has 2 aliphatic rings. The summed E-state index contributed by atoms with van der Waals surface area (Å²) >= 11 is 3.51. The first-order chi connectivity index (χ1) is 9.22. The highest BCUT2D eigenvalue weighted by Gasteiger charge is 2.48. The second kappa shape index (κ2) is 4.10. The van der Waals surface area contributed by atoms with Crippen LogP contribution in [0.5, 0.6) is 0 Å². The molecule has 0 aliphatic heterocycles. The maximum atomic E-state index is 6.02. The fourth-order valence-corrected chi connectivity index (χ4v) is 3.86. The first kappa shape index (κ1) is 11.5. The van der Waals surface area contributed by atoms with Crippen LogP contribution in [0.3, 0.4) is 0 Å². The zero-order valence-electron chi connectivity index (χ0n) is 10.5. The summed E-state index contributed by atoms with van der Waals surface area (Å²) in [4.78, 5) is 0. The predicted octanol–water partition coefficient (Wildman–Crippen LogP) is 4.20. The number of halogens is 1. The molecule has 2 unspecified atom stereocenters. The molecule has 2 fully saturated rings. The lowest BCUT2D eigenvalue weighted by atomic mass is 9.94. The molecular weight excluding hydrogens is 304 g/mol. The highest BCUT2D eigenvalue weighted by Crippen LogP contribution is 2.58. The number of anilines is 1. The molecule has 19 heavy (non-hydrogen) atoms. The van der Waals surface area contributed by atoms with Gasteiger partial charge in [-0.05, 0) is 48.8 Å². The first-order valence-corrected chi connectivity index (χ1v) is 7.52. The van der Waals surface area contributed by atoms with Crippen molar-refractivity contribution in [1.82, 2.24) is 5.16 Å². The number of hydrogen-bond donors (Lipinski definition) is 1. The van der Waals surface area contributed by atoms with Gasteiger partial charge in [0.25, 0.3) is 0 Å². The SMILES string of the molecule is Nc1noc(C2CC3CC3C2)c1-c1cccc(Br)c1. The molecule has 0 saturated heterocycles. The molecule has 0 radical (unpaired) electrons. The van der Waals surface area contributed by atoms with Gasteiger partial charge in [0.05, 0.1) is 5.56 Å². The molecule has 1 aromatic carbocycles. The van der Waals surface area contributed by atoms with E-state index in [-0.39, 0.29) is 0 Å². The zero-order chi connectivity index (χ0) is 13.0. The molecule has 2 aliphatic carbocycles. The van der Waals surface area contributed by atoms with Gasteiger partial charge in [0.2, 0.25) is 0 Å². The summed E-state index contributed by atoms with van der Waals surface area (Å²) in [5.74, 6) is 3.84. The van der Waals surface area contributed by atoms with E-state index in [4.69, 9.17) is 10.3 Å². The summed E-state index contributed by atoms with van der Waals surface area (Å²) in [5.41, 5.74) is 8.10. The Morgan fingerprint density at radius 1 is 1.21 bits per heavy atom. The van der Waals surface area contributed by atoms with E-state index in [1.165, 1.54) is 19.3 Å². The number of hydrogen-bond acceptors (Lipinski definition) is 3. The molecule has 2 saturated carbocycles. The van der Waals surface area contributed by atoms with Crippen molar-refractivity contribution in [2.45, 2.75) is 25.2 Å². The third kappa shape index (κ3) is 1.89. The lowest BCUT2D eigenvalue weighted by molar-refractivity contribution is 0.356. The Labute approximate surface area is 120 Å². The highest BCUT2D eigenvalue weighted by molar-refractivity contribution is 9.10. The van der Waals surface area contributed by atoms with Gasteiger partial charge in [0.15, 0.2) is 5.82 Å². The van der Waals surface area contributed by atoms with Crippen molar-refractivity contribution < 1.29 is 4.52 Å². The van der Waals surface area contributed by atoms with Crippen LogP contribution in [0.15, 0.2) is 33.3 Å². The van der Waals surface area contributed by atoms with Crippen LogP contribution in [0, 0.1) is 11.8 Å². The monoisotopic (exact) mass is 318 g/mol. The van der Waals surface area contributed by atoms with Crippen LogP contribution in [0.4, 0.5) is 5.82 Å². The van der Waals surface area contributed by atoms with E-state index in [0.717, 1.165) is 33.2 Å². The van der Waals surface area contributed by atoms with Crippen molar-refractivity contribution in [3.63, 3.8) is 0 Å². The van der Waals surface area contributed by atoms with Gasteiger partial charge in [-0.1, -0.05) is 33.2 Å². The summed E-state index contributed by atoms with van der Waals surface area (Å²) in [6.45, 7) is 0. The molecule has 1 heterocycles. The molecule has 0 spiro atoms. The van der Waals surface area contributed by atoms with Crippen molar-refractivity contribution >= 4 is 21.7 Å². The van der Waals surface area contributed by atoms with Crippen molar-refractivity contribution in [2.24, 2.45) is 11.8 Å². The van der Waals surface area contributed by atoms with Gasteiger partial charge in [-0.3, -0.25) is 0 Å². The lowest BCUT2D eigenvalue weighted by Gasteiger charge is -2.10. The van der Waals surface area contributed by atoms with Crippen molar-refractivity contribution in [3.8, 4) is 11.1 Å². The van der Waals surface area contributed by atoms with Gasteiger partial charge in [0.1, 0.15) is 5.76 Å². The molecule has 2 atom stereocenters. The summed E-state index contributed by atoms with van der Waals surface area (Å²) < 4.78 is 6.60. The van der Waals surface area contributed by atoms with E-state index >= 15 is 0 Å². The van der Waals surface area contributed by atoms with E-state index in [1.54, 1.807) is 0 Å². The highest BCUT2D eigenvalue weighted by atomic mass is 79.9. The van der Waals surface area contributed by atoms with Crippen LogP contribution in [-0.2, 0) is 0 Å². The summed E-state index contributed by atoms with van der Waals surface area (Å²) in [6.07, 6.45) is 3.88. The Morgan fingerprint density at radius 3 is 2.74 bits per heavy atom. The van der Waals surface area contributed by atoms with E-state index in [1.807, 2.05) is 12.1 Å². The van der Waals surface area contributed by atoms with Crippen LogP contribution in [0.2, 0.25) is 0 Å². The molecule has 4 heteroatoms. The third-order valence-electron chi connectivity index (χ3n) is 4.47. The maximum absolute atomic E-state index is 6.02. The summed E-state index contributed by atoms with van der Waals surface area (Å²) in [7, 11) is 0. The fourth-order valence-electron chi connectivity index (χ4n) is 3.46. The predicted molar refractivity (Wildman–Crippen MR) is 77.6 cm³/mol. The van der Waals surface area contributed by atoms with Crippen LogP contribution in [0.25, 0.3) is 11.1 Å². The molecular formula is C15H15BrN2O. The van der Waals surface area contributed by atoms with Gasteiger partial charge >= 0.3 is 0 Å². The number of nitrogens with two attached hydrogens (primary N) is 1. The van der Waals surface area contributed by atoms with Crippen LogP contribution in [0.1, 0.15) is 30.9 Å². The Bertz CT molecular complexity index is 627. The average molecular weight is 319 g/mol. The largest absolute Gasteiger partial charge is 0.380 e. The smallest absolute Gasteiger partial charge is 0.175 e. The minimum absolute atomic E-state index is 0.502. The second-order valence-corrected chi connectivity index (χ2v) is 6.66. The zero-order valence-corrected chi connectivity index (χ0v) is 12.1. The molecule has 2 aromatic rings. The Kier molecular flexibility index (Phi) is 2.49. The third-order valence-corrected chi connectivity index (χ3v) is 4.97. The lowest BCUT2D eigenvalue weighted by Crippen LogP contribution is -1.97. The Balaban J connectivity index is 1.76. The summed E-state index contributed by atoms with van der Waals surface area (Å²) in [5, 5.41) is 3.99. The molecule has 3 nitrogen and oxygen atoms in total. The number of benzene rings is 1. The summed E-state index contributed by atoms with van der Waals surface area (Å²) in [6, 6.07) is 8.16. The van der Waals surface area contributed by atoms with Gasteiger partial charge in [0, 0.05) is 10.4 Å². The number of rotatable bonds is 2. The van der Waals surface area contributed by atoms with Gasteiger partial charge in [-0.15, -0.1) is 0 Å². The molecule has 98 valence electrons. The Hall–Kier alpha value is -1.29. The number of nitrogen functional groups attached to an aromatic ring is 1. The maximum Gasteiger partial charge on any atom is 0.175 e. The van der Waals surface area contributed by atoms with E-state index in [2.05, 4.69) is 33.2 Å². The molecule has 0 amide bonds. The topological polar surface area (TPSA) is 52.0 Å². The van der Waals surface area contributed by atoms with Crippen LogP contribution < -0.4 is 5.73 Å². The minimum Gasteiger partial charge on any atom is -0.380 e. The first-order valence-electron chi connectivity index (χ1n) is 6.73. The minimum atomic E-state index is 0.502. The number of aromatic nitrogens is 1. The normalized spacial score (nSPS) is 28.4. The number of fused-ring (bicyclic) bond motifs is 1. The van der Waals surface area contributed by atoms with Crippen LogP contribution >= 0.6 is 15.9 Å². The average Bonchev–Trinajstić information content (AvgIpc) is 2.84. The second-order valence-electron chi connectivity index (χ2n) is 5.74. The molecule has 2 N–H and O–H groups in total. The molecule has 1 aromatic heterocycles. The van der Waals surface area contributed by atoms with Crippen molar-refractivity contribution in [2.75, 3.05) is 5.73 Å². The van der Waals surface area contributed by atoms with Crippen molar-refractivity contribution in [3.05, 3.63) is 34.5 Å². The fraction of sp³-hybridized carbons (Fsp3) is 0.400.